The van der Waals surface area contributed by atoms with Crippen molar-refractivity contribution in [1.82, 2.24) is 0 Å². The maximum atomic E-state index is 12.7. The summed E-state index contributed by atoms with van der Waals surface area (Å²) in [6.07, 6.45) is 0. The number of non-ortho nitro benzene ring substituents is 1. The third kappa shape index (κ3) is 4.01. The van der Waals surface area contributed by atoms with Gasteiger partial charge in [0.15, 0.2) is 6.61 Å². The van der Waals surface area contributed by atoms with Gasteiger partial charge >= 0.3 is 0 Å². The van der Waals surface area contributed by atoms with Crippen molar-refractivity contribution >= 4 is 39.7 Å². The molecule has 3 aromatic carbocycles. The van der Waals surface area contributed by atoms with E-state index in [1.807, 2.05) is 49.4 Å². The quantitative estimate of drug-likeness (QED) is 0.450. The molecule has 0 aliphatic heterocycles. The molecule has 0 aromatic heterocycles. The first-order valence-corrected chi connectivity index (χ1v) is 8.74. The number of nitrogens with zero attached hydrogens (tertiary/aromatic N) is 2. The molecule has 0 unspecified atom stereocenters. The lowest BCUT2D eigenvalue weighted by atomic mass is 10.1. The number of halogens is 1. The van der Waals surface area contributed by atoms with Crippen LogP contribution < -0.4 is 9.64 Å². The summed E-state index contributed by atoms with van der Waals surface area (Å²) in [7, 11) is 0. The van der Waals surface area contributed by atoms with E-state index in [2.05, 4.69) is 0 Å². The van der Waals surface area contributed by atoms with Gasteiger partial charge in [0.1, 0.15) is 5.75 Å². The molecular formula is C20H17ClN2O4. The molecule has 0 radical (unpaired) electrons. The topological polar surface area (TPSA) is 72.7 Å². The summed E-state index contributed by atoms with van der Waals surface area (Å²) in [5.41, 5.74) is 0.670. The number of carbonyl (C=O) groups is 1. The van der Waals surface area contributed by atoms with Crippen molar-refractivity contribution in [3.8, 4) is 5.75 Å². The molecule has 6 nitrogen and oxygen atoms in total. The van der Waals surface area contributed by atoms with E-state index in [-0.39, 0.29) is 29.0 Å². The number of nitro benzene ring substituents is 1. The predicted molar refractivity (Wildman–Crippen MR) is 106 cm³/mol. The number of benzene rings is 3. The summed E-state index contributed by atoms with van der Waals surface area (Å²) in [6, 6.07) is 17.5. The van der Waals surface area contributed by atoms with E-state index in [0.717, 1.165) is 16.5 Å². The normalized spacial score (nSPS) is 10.6. The number of fused-ring (bicyclic) bond motifs is 1. The van der Waals surface area contributed by atoms with Gasteiger partial charge in [0.05, 0.1) is 15.6 Å². The Morgan fingerprint density at radius 2 is 1.89 bits per heavy atom. The van der Waals surface area contributed by atoms with Crippen LogP contribution in [-0.4, -0.2) is 24.0 Å². The highest BCUT2D eigenvalue weighted by atomic mass is 35.5. The first-order chi connectivity index (χ1) is 13.0. The molecule has 1 amide bonds. The lowest BCUT2D eigenvalue weighted by molar-refractivity contribution is -0.384. The van der Waals surface area contributed by atoms with E-state index in [1.165, 1.54) is 18.2 Å². The summed E-state index contributed by atoms with van der Waals surface area (Å²) in [4.78, 5) is 24.6. The molecule has 0 aliphatic rings. The van der Waals surface area contributed by atoms with Gasteiger partial charge in [0.2, 0.25) is 0 Å². The zero-order valence-corrected chi connectivity index (χ0v) is 15.3. The average molecular weight is 385 g/mol. The zero-order valence-electron chi connectivity index (χ0n) is 14.6. The van der Waals surface area contributed by atoms with Gasteiger partial charge in [-0.25, -0.2) is 0 Å². The molecule has 0 saturated heterocycles. The molecule has 7 heteroatoms. The molecule has 0 heterocycles. The van der Waals surface area contributed by atoms with Crippen molar-refractivity contribution in [2.24, 2.45) is 0 Å². The number of ether oxygens (including phenoxy) is 1. The first kappa shape index (κ1) is 18.7. The predicted octanol–water partition coefficient (Wildman–Crippen LogP) is 4.83. The van der Waals surface area contributed by atoms with Crippen LogP contribution in [0.5, 0.6) is 5.75 Å². The zero-order chi connectivity index (χ0) is 19.4. The minimum absolute atomic E-state index is 0.0882. The Kier molecular flexibility index (Phi) is 5.57. The third-order valence-electron chi connectivity index (χ3n) is 4.15. The second kappa shape index (κ2) is 8.05. The number of carbonyl (C=O) groups excluding carboxylic acids is 1. The van der Waals surface area contributed by atoms with Crippen molar-refractivity contribution in [2.75, 3.05) is 18.1 Å². The Labute approximate surface area is 161 Å². The minimum Gasteiger partial charge on any atom is -0.482 e. The molecule has 27 heavy (non-hydrogen) atoms. The van der Waals surface area contributed by atoms with Crippen LogP contribution >= 0.6 is 11.6 Å². The molecule has 0 aliphatic carbocycles. The van der Waals surface area contributed by atoms with Gasteiger partial charge in [-0.3, -0.25) is 14.9 Å². The van der Waals surface area contributed by atoms with Crippen LogP contribution in [0.2, 0.25) is 5.02 Å². The smallest absolute Gasteiger partial charge is 0.271 e. The molecule has 0 spiro atoms. The number of anilines is 1. The Bertz CT molecular complexity index is 1000. The van der Waals surface area contributed by atoms with Crippen LogP contribution in [0.15, 0.2) is 60.7 Å². The van der Waals surface area contributed by atoms with E-state index in [1.54, 1.807) is 4.90 Å². The van der Waals surface area contributed by atoms with E-state index < -0.39 is 4.92 Å². The third-order valence-corrected chi connectivity index (χ3v) is 4.45. The standard InChI is InChI=1S/C20H17ClN2O4/c1-2-22(18-9-5-7-14-6-3-4-8-16(14)18)20(24)13-27-19-11-10-15(23(25)26)12-17(19)21/h3-12H,2,13H2,1H3. The second-order valence-electron chi connectivity index (χ2n) is 5.80. The highest BCUT2D eigenvalue weighted by Gasteiger charge is 2.18. The van der Waals surface area contributed by atoms with Gasteiger partial charge < -0.3 is 9.64 Å². The molecule has 0 fully saturated rings. The lowest BCUT2D eigenvalue weighted by Gasteiger charge is -2.23. The molecule has 3 aromatic rings. The second-order valence-corrected chi connectivity index (χ2v) is 6.20. The summed E-state index contributed by atoms with van der Waals surface area (Å²) >= 11 is 6.01. The van der Waals surface area contributed by atoms with Crippen LogP contribution in [0.1, 0.15) is 6.92 Å². The molecule has 3 rings (SSSR count). The number of amides is 1. The van der Waals surface area contributed by atoms with Gasteiger partial charge in [0.25, 0.3) is 11.6 Å². The van der Waals surface area contributed by atoms with Gasteiger partial charge in [-0.15, -0.1) is 0 Å². The van der Waals surface area contributed by atoms with E-state index in [4.69, 9.17) is 16.3 Å². The fraction of sp³-hybridized carbons (Fsp3) is 0.150. The van der Waals surface area contributed by atoms with Gasteiger partial charge in [-0.05, 0) is 24.4 Å². The number of likely N-dealkylation sites (N-methyl/N-ethyl adjacent to an activating group) is 1. The summed E-state index contributed by atoms with van der Waals surface area (Å²) < 4.78 is 5.50. The van der Waals surface area contributed by atoms with Gasteiger partial charge in [-0.1, -0.05) is 48.0 Å². The van der Waals surface area contributed by atoms with Crippen molar-refractivity contribution in [3.05, 3.63) is 75.8 Å². The maximum Gasteiger partial charge on any atom is 0.271 e. The number of nitro groups is 1. The van der Waals surface area contributed by atoms with E-state index in [0.29, 0.717) is 6.54 Å². The monoisotopic (exact) mass is 384 g/mol. The van der Waals surface area contributed by atoms with Crippen molar-refractivity contribution < 1.29 is 14.5 Å². The van der Waals surface area contributed by atoms with Gasteiger partial charge in [0, 0.05) is 24.1 Å². The largest absolute Gasteiger partial charge is 0.482 e. The fourth-order valence-electron chi connectivity index (χ4n) is 2.86. The Balaban J connectivity index is 1.79. The van der Waals surface area contributed by atoms with Crippen LogP contribution in [0, 0.1) is 10.1 Å². The molecule has 0 saturated carbocycles. The van der Waals surface area contributed by atoms with E-state index >= 15 is 0 Å². The van der Waals surface area contributed by atoms with Crippen LogP contribution in [0.3, 0.4) is 0 Å². The molecule has 0 bridgehead atoms. The van der Waals surface area contributed by atoms with Crippen LogP contribution in [0.4, 0.5) is 11.4 Å². The summed E-state index contributed by atoms with van der Waals surface area (Å²) in [6.45, 7) is 2.14. The summed E-state index contributed by atoms with van der Waals surface area (Å²) in [5, 5.41) is 12.9. The Morgan fingerprint density at radius 3 is 2.59 bits per heavy atom. The molecule has 0 atom stereocenters. The van der Waals surface area contributed by atoms with Crippen LogP contribution in [0.25, 0.3) is 10.8 Å². The summed E-state index contributed by atoms with van der Waals surface area (Å²) in [5.74, 6) is -0.00661. The highest BCUT2D eigenvalue weighted by molar-refractivity contribution is 6.32. The maximum absolute atomic E-state index is 12.7. The van der Waals surface area contributed by atoms with Crippen molar-refractivity contribution in [1.29, 1.82) is 0 Å². The fourth-order valence-corrected chi connectivity index (χ4v) is 3.09. The Hall–Kier alpha value is -3.12. The molecule has 0 N–H and O–H groups in total. The highest BCUT2D eigenvalue weighted by Crippen LogP contribution is 2.30. The number of rotatable bonds is 6. The first-order valence-electron chi connectivity index (χ1n) is 8.36. The number of hydrogen-bond acceptors (Lipinski definition) is 4. The van der Waals surface area contributed by atoms with Gasteiger partial charge in [-0.2, -0.15) is 0 Å². The molecule has 138 valence electrons. The minimum atomic E-state index is -0.542. The van der Waals surface area contributed by atoms with E-state index in [9.17, 15) is 14.9 Å². The Morgan fingerprint density at radius 1 is 1.15 bits per heavy atom. The molecular weight excluding hydrogens is 368 g/mol. The average Bonchev–Trinajstić information content (AvgIpc) is 2.67. The van der Waals surface area contributed by atoms with Crippen molar-refractivity contribution in [3.63, 3.8) is 0 Å². The SMILES string of the molecule is CCN(C(=O)COc1ccc([N+](=O)[O-])cc1Cl)c1cccc2ccccc12. The lowest BCUT2D eigenvalue weighted by Crippen LogP contribution is -2.35. The van der Waals surface area contributed by atoms with Crippen molar-refractivity contribution in [2.45, 2.75) is 6.92 Å². The van der Waals surface area contributed by atoms with Crippen LogP contribution in [-0.2, 0) is 4.79 Å². The number of hydrogen-bond donors (Lipinski definition) is 0.